The second-order valence-electron chi connectivity index (χ2n) is 4.69. The maximum atomic E-state index is 14.1. The lowest BCUT2D eigenvalue weighted by Crippen LogP contribution is -1.95. The highest BCUT2D eigenvalue weighted by Crippen LogP contribution is 2.33. The molecular weight excluding hydrogens is 282 g/mol. The van der Waals surface area contributed by atoms with Gasteiger partial charge in [0.05, 0.1) is 11.3 Å². The molecule has 0 fully saturated rings. The number of rotatable bonds is 2. The Balaban J connectivity index is 2.31. The van der Waals surface area contributed by atoms with Gasteiger partial charge in [-0.25, -0.2) is 8.78 Å². The summed E-state index contributed by atoms with van der Waals surface area (Å²) in [5.74, 6) is -0.894. The first kappa shape index (κ1) is 13.9. The molecule has 0 bridgehead atoms. The molecule has 0 atom stereocenters. The van der Waals surface area contributed by atoms with Crippen molar-refractivity contribution in [1.29, 1.82) is 5.26 Å². The van der Waals surface area contributed by atoms with Crippen LogP contribution in [0.25, 0.3) is 22.4 Å². The molecule has 106 valence electrons. The van der Waals surface area contributed by atoms with Crippen molar-refractivity contribution < 1.29 is 8.78 Å². The van der Waals surface area contributed by atoms with Crippen LogP contribution < -0.4 is 0 Å². The molecule has 0 unspecified atom stereocenters. The molecule has 22 heavy (non-hydrogen) atoms. The Bertz CT molecular complexity index is 882. The number of hydrogen-bond acceptors (Lipinski definition) is 2. The highest BCUT2D eigenvalue weighted by atomic mass is 19.1. The van der Waals surface area contributed by atoms with E-state index in [1.165, 1.54) is 24.4 Å². The number of nitriles is 1. The maximum absolute atomic E-state index is 14.1. The first-order valence-electron chi connectivity index (χ1n) is 6.60. The monoisotopic (exact) mass is 292 g/mol. The van der Waals surface area contributed by atoms with Gasteiger partial charge in [-0.2, -0.15) is 5.26 Å². The minimum Gasteiger partial charge on any atom is -0.254 e. The highest BCUT2D eigenvalue weighted by Gasteiger charge is 2.15. The largest absolute Gasteiger partial charge is 0.254 e. The van der Waals surface area contributed by atoms with Gasteiger partial charge in [-0.15, -0.1) is 0 Å². The third kappa shape index (κ3) is 2.45. The first-order chi connectivity index (χ1) is 10.7. The minimum atomic E-state index is -0.447. The Labute approximate surface area is 126 Å². The predicted octanol–water partition coefficient (Wildman–Crippen LogP) is 4.57. The molecule has 3 aromatic rings. The lowest BCUT2D eigenvalue weighted by atomic mass is 9.97. The van der Waals surface area contributed by atoms with Gasteiger partial charge in [-0.3, -0.25) is 4.98 Å². The molecule has 0 N–H and O–H groups in total. The first-order valence-corrected chi connectivity index (χ1v) is 6.60. The van der Waals surface area contributed by atoms with Crippen LogP contribution in [-0.2, 0) is 0 Å². The summed E-state index contributed by atoms with van der Waals surface area (Å²) in [5.41, 5.74) is 1.54. The maximum Gasteiger partial charge on any atom is 0.132 e. The van der Waals surface area contributed by atoms with Gasteiger partial charge in [-0.05, 0) is 24.3 Å². The van der Waals surface area contributed by atoms with E-state index in [0.29, 0.717) is 16.8 Å². The lowest BCUT2D eigenvalue weighted by Gasteiger charge is -2.11. The van der Waals surface area contributed by atoms with Crippen molar-refractivity contribution in [2.75, 3.05) is 0 Å². The van der Waals surface area contributed by atoms with Gasteiger partial charge < -0.3 is 0 Å². The Morgan fingerprint density at radius 1 is 0.818 bits per heavy atom. The van der Waals surface area contributed by atoms with Gasteiger partial charge in [0.15, 0.2) is 0 Å². The molecule has 0 aliphatic carbocycles. The second-order valence-corrected chi connectivity index (χ2v) is 4.69. The van der Waals surface area contributed by atoms with Gasteiger partial charge in [0.25, 0.3) is 0 Å². The Hall–Kier alpha value is -3.06. The number of benzene rings is 2. The zero-order valence-electron chi connectivity index (χ0n) is 11.4. The van der Waals surface area contributed by atoms with Gasteiger partial charge in [-0.1, -0.05) is 30.3 Å². The zero-order valence-corrected chi connectivity index (χ0v) is 11.4. The SMILES string of the molecule is N#Cc1cnc(-c2ccccc2F)c(-c2ccccc2F)c1. The van der Waals surface area contributed by atoms with E-state index < -0.39 is 11.6 Å². The van der Waals surface area contributed by atoms with E-state index in [1.807, 2.05) is 6.07 Å². The molecule has 0 saturated carbocycles. The molecule has 1 heterocycles. The van der Waals surface area contributed by atoms with E-state index in [2.05, 4.69) is 4.98 Å². The van der Waals surface area contributed by atoms with Crippen molar-refractivity contribution in [3.05, 3.63) is 78.0 Å². The fraction of sp³-hybridized carbons (Fsp3) is 0. The number of hydrogen-bond donors (Lipinski definition) is 0. The van der Waals surface area contributed by atoms with Crippen LogP contribution in [-0.4, -0.2) is 4.98 Å². The number of pyridine rings is 1. The molecule has 0 amide bonds. The summed E-state index contributed by atoms with van der Waals surface area (Å²) in [6.07, 6.45) is 1.35. The summed E-state index contributed by atoms with van der Waals surface area (Å²) in [6, 6.07) is 15.8. The van der Waals surface area contributed by atoms with Crippen molar-refractivity contribution >= 4 is 0 Å². The molecule has 2 nitrogen and oxygen atoms in total. The summed E-state index contributed by atoms with van der Waals surface area (Å²) in [5, 5.41) is 9.04. The van der Waals surface area contributed by atoms with Gasteiger partial charge in [0.2, 0.25) is 0 Å². The Kier molecular flexibility index (Phi) is 3.63. The average molecular weight is 292 g/mol. The van der Waals surface area contributed by atoms with E-state index >= 15 is 0 Å². The van der Waals surface area contributed by atoms with E-state index in [1.54, 1.807) is 36.4 Å². The van der Waals surface area contributed by atoms with Crippen LogP contribution in [0.15, 0.2) is 60.8 Å². The number of halogens is 2. The molecule has 2 aromatic carbocycles. The highest BCUT2D eigenvalue weighted by molar-refractivity contribution is 5.82. The standard InChI is InChI=1S/C18H10F2N2/c19-16-7-3-1-5-13(16)15-9-12(10-21)11-22-18(15)14-6-2-4-8-17(14)20/h1-9,11H. The Morgan fingerprint density at radius 3 is 2.00 bits per heavy atom. The number of aromatic nitrogens is 1. The summed E-state index contributed by atoms with van der Waals surface area (Å²) in [4.78, 5) is 4.17. The van der Waals surface area contributed by atoms with Gasteiger partial charge in [0.1, 0.15) is 17.7 Å². The fourth-order valence-corrected chi connectivity index (χ4v) is 2.28. The Morgan fingerprint density at radius 2 is 1.41 bits per heavy atom. The molecule has 0 saturated heterocycles. The molecule has 0 aliphatic heterocycles. The second kappa shape index (κ2) is 5.74. The molecule has 4 heteroatoms. The van der Waals surface area contributed by atoms with E-state index in [4.69, 9.17) is 5.26 Å². The normalized spacial score (nSPS) is 10.2. The van der Waals surface area contributed by atoms with Gasteiger partial charge >= 0.3 is 0 Å². The lowest BCUT2D eigenvalue weighted by molar-refractivity contribution is 0.628. The van der Waals surface area contributed by atoms with Gasteiger partial charge in [0, 0.05) is 22.9 Å². The topological polar surface area (TPSA) is 36.7 Å². The predicted molar refractivity (Wildman–Crippen MR) is 79.7 cm³/mol. The molecule has 1 aromatic heterocycles. The average Bonchev–Trinajstić information content (AvgIpc) is 2.55. The molecule has 0 aliphatic rings. The quantitative estimate of drug-likeness (QED) is 0.694. The molecule has 0 radical (unpaired) electrons. The van der Waals surface area contributed by atoms with Crippen molar-refractivity contribution in [2.45, 2.75) is 0 Å². The fourth-order valence-electron chi connectivity index (χ4n) is 2.28. The summed E-state index contributed by atoms with van der Waals surface area (Å²) < 4.78 is 28.2. The van der Waals surface area contributed by atoms with Crippen LogP contribution in [0.1, 0.15) is 5.56 Å². The van der Waals surface area contributed by atoms with Crippen molar-refractivity contribution in [3.8, 4) is 28.5 Å². The van der Waals surface area contributed by atoms with Crippen LogP contribution in [0.2, 0.25) is 0 Å². The van der Waals surface area contributed by atoms with Crippen molar-refractivity contribution in [2.24, 2.45) is 0 Å². The third-order valence-electron chi connectivity index (χ3n) is 3.31. The van der Waals surface area contributed by atoms with Crippen LogP contribution in [0.4, 0.5) is 8.78 Å². The zero-order chi connectivity index (χ0) is 15.5. The minimum absolute atomic E-state index is 0.269. The van der Waals surface area contributed by atoms with Crippen LogP contribution in [0, 0.1) is 23.0 Å². The van der Waals surface area contributed by atoms with E-state index in [9.17, 15) is 8.78 Å². The van der Waals surface area contributed by atoms with E-state index in [0.717, 1.165) is 0 Å². The third-order valence-corrected chi connectivity index (χ3v) is 3.31. The summed E-state index contributed by atoms with van der Waals surface area (Å²) in [6.45, 7) is 0. The summed E-state index contributed by atoms with van der Waals surface area (Å²) in [7, 11) is 0. The van der Waals surface area contributed by atoms with Crippen molar-refractivity contribution in [3.63, 3.8) is 0 Å². The molecular formula is C18H10F2N2. The molecule has 3 rings (SSSR count). The number of nitrogens with zero attached hydrogens (tertiary/aromatic N) is 2. The van der Waals surface area contributed by atoms with Crippen molar-refractivity contribution in [1.82, 2.24) is 4.98 Å². The van der Waals surface area contributed by atoms with Crippen LogP contribution in [0.5, 0.6) is 0 Å². The van der Waals surface area contributed by atoms with E-state index in [-0.39, 0.29) is 11.1 Å². The van der Waals surface area contributed by atoms with Crippen LogP contribution in [0.3, 0.4) is 0 Å². The summed E-state index contributed by atoms with van der Waals surface area (Å²) >= 11 is 0. The molecule has 0 spiro atoms. The van der Waals surface area contributed by atoms with Crippen LogP contribution >= 0.6 is 0 Å². The smallest absolute Gasteiger partial charge is 0.132 e.